The summed E-state index contributed by atoms with van der Waals surface area (Å²) in [7, 11) is 0. The normalized spacial score (nSPS) is 13.3. The number of aromatic nitrogens is 1. The first-order chi connectivity index (χ1) is 21.3. The largest absolute Gasteiger partial charge is 0.256 e. The zero-order valence-corrected chi connectivity index (χ0v) is 23.5. The molecule has 1 spiro atoms. The maximum Gasteiger partial charge on any atom is 0.0725 e. The number of hydrogen-bond donors (Lipinski definition) is 0. The summed E-state index contributed by atoms with van der Waals surface area (Å²) in [5.41, 5.74) is 17.5. The SMILES string of the molecule is c1ccc(-c2ccc(-c3cccc(-c4ccc5c(c4)-c4ccccc4C54c5ccccc5-c5ccccc54)c3)cc2)nc1. The summed E-state index contributed by atoms with van der Waals surface area (Å²) in [6.07, 6.45) is 1.84. The van der Waals surface area contributed by atoms with E-state index in [4.69, 9.17) is 0 Å². The topological polar surface area (TPSA) is 12.9 Å². The van der Waals surface area contributed by atoms with Crippen LogP contribution in [0.2, 0.25) is 0 Å². The average Bonchev–Trinajstić information content (AvgIpc) is 3.56. The third-order valence-electron chi connectivity index (χ3n) is 9.37. The molecule has 0 saturated heterocycles. The summed E-state index contributed by atoms with van der Waals surface area (Å²) in [5.74, 6) is 0. The van der Waals surface area contributed by atoms with Crippen LogP contribution in [0.3, 0.4) is 0 Å². The van der Waals surface area contributed by atoms with Gasteiger partial charge in [-0.2, -0.15) is 0 Å². The molecule has 0 bridgehead atoms. The molecule has 1 aromatic heterocycles. The second-order valence-electron chi connectivity index (χ2n) is 11.5. The van der Waals surface area contributed by atoms with E-state index >= 15 is 0 Å². The van der Waals surface area contributed by atoms with Crippen molar-refractivity contribution in [2.75, 3.05) is 0 Å². The highest BCUT2D eigenvalue weighted by Crippen LogP contribution is 2.62. The molecule has 1 heteroatoms. The summed E-state index contributed by atoms with van der Waals surface area (Å²) in [5, 5.41) is 0. The molecule has 0 radical (unpaired) electrons. The van der Waals surface area contributed by atoms with E-state index in [2.05, 4.69) is 151 Å². The maximum atomic E-state index is 4.50. The van der Waals surface area contributed by atoms with Gasteiger partial charge in [0.2, 0.25) is 0 Å². The molecule has 2 aliphatic carbocycles. The van der Waals surface area contributed by atoms with Crippen LogP contribution >= 0.6 is 0 Å². The third-order valence-corrected chi connectivity index (χ3v) is 9.37. The first-order valence-electron chi connectivity index (χ1n) is 14.9. The second kappa shape index (κ2) is 9.24. The number of benzene rings is 6. The molecule has 6 aromatic carbocycles. The van der Waals surface area contributed by atoms with E-state index in [1.807, 2.05) is 18.3 Å². The molecule has 200 valence electrons. The molecule has 1 heterocycles. The molecular weight excluding hydrogens is 518 g/mol. The highest BCUT2D eigenvalue weighted by molar-refractivity contribution is 5.96. The van der Waals surface area contributed by atoms with E-state index in [0.29, 0.717) is 0 Å². The van der Waals surface area contributed by atoms with E-state index in [1.54, 1.807) is 0 Å². The van der Waals surface area contributed by atoms with Crippen molar-refractivity contribution in [1.29, 1.82) is 0 Å². The molecule has 2 aliphatic rings. The van der Waals surface area contributed by atoms with Gasteiger partial charge in [0.15, 0.2) is 0 Å². The van der Waals surface area contributed by atoms with Gasteiger partial charge in [-0.15, -0.1) is 0 Å². The highest BCUT2D eigenvalue weighted by Gasteiger charge is 2.51. The Morgan fingerprint density at radius 1 is 0.326 bits per heavy atom. The lowest BCUT2D eigenvalue weighted by molar-refractivity contribution is 0.794. The van der Waals surface area contributed by atoms with Crippen LogP contribution in [-0.4, -0.2) is 4.98 Å². The van der Waals surface area contributed by atoms with E-state index in [0.717, 1.165) is 11.3 Å². The molecule has 9 rings (SSSR count). The molecule has 0 fully saturated rings. The highest BCUT2D eigenvalue weighted by atomic mass is 14.7. The number of pyridine rings is 1. The minimum atomic E-state index is -0.297. The first kappa shape index (κ1) is 24.1. The molecular formula is C42H27N. The van der Waals surface area contributed by atoms with Crippen LogP contribution in [-0.2, 0) is 5.41 Å². The molecule has 0 atom stereocenters. The van der Waals surface area contributed by atoms with Crippen molar-refractivity contribution in [3.8, 4) is 55.8 Å². The van der Waals surface area contributed by atoms with Gasteiger partial charge in [-0.25, -0.2) is 0 Å². The predicted molar refractivity (Wildman–Crippen MR) is 177 cm³/mol. The Kier molecular flexibility index (Phi) is 5.18. The first-order valence-corrected chi connectivity index (χ1v) is 14.9. The molecule has 0 saturated carbocycles. The summed E-state index contributed by atoms with van der Waals surface area (Å²) in [4.78, 5) is 4.50. The maximum absolute atomic E-state index is 4.50. The van der Waals surface area contributed by atoms with Crippen LogP contribution in [0.25, 0.3) is 55.8 Å². The Balaban J connectivity index is 1.18. The van der Waals surface area contributed by atoms with Crippen LogP contribution in [0.15, 0.2) is 164 Å². The van der Waals surface area contributed by atoms with Crippen LogP contribution < -0.4 is 0 Å². The summed E-state index contributed by atoms with van der Waals surface area (Å²) in [6.45, 7) is 0. The van der Waals surface area contributed by atoms with Crippen molar-refractivity contribution in [1.82, 2.24) is 4.98 Å². The van der Waals surface area contributed by atoms with Gasteiger partial charge in [0.1, 0.15) is 0 Å². The Morgan fingerprint density at radius 2 is 0.814 bits per heavy atom. The van der Waals surface area contributed by atoms with Gasteiger partial charge in [-0.3, -0.25) is 4.98 Å². The van der Waals surface area contributed by atoms with E-state index < -0.39 is 0 Å². The Labute approximate surface area is 251 Å². The van der Waals surface area contributed by atoms with Gasteiger partial charge in [-0.1, -0.05) is 133 Å². The lowest BCUT2D eigenvalue weighted by Gasteiger charge is -2.30. The minimum Gasteiger partial charge on any atom is -0.256 e. The zero-order valence-electron chi connectivity index (χ0n) is 23.5. The van der Waals surface area contributed by atoms with Crippen molar-refractivity contribution in [3.05, 3.63) is 186 Å². The molecule has 43 heavy (non-hydrogen) atoms. The Hall–Kier alpha value is -5.53. The van der Waals surface area contributed by atoms with Gasteiger partial charge < -0.3 is 0 Å². The average molecular weight is 546 g/mol. The van der Waals surface area contributed by atoms with Gasteiger partial charge >= 0.3 is 0 Å². The van der Waals surface area contributed by atoms with Crippen LogP contribution in [0.1, 0.15) is 22.3 Å². The fraction of sp³-hybridized carbons (Fsp3) is 0.0238. The monoisotopic (exact) mass is 545 g/mol. The molecule has 7 aromatic rings. The van der Waals surface area contributed by atoms with Crippen molar-refractivity contribution >= 4 is 0 Å². The quantitative estimate of drug-likeness (QED) is 0.215. The van der Waals surface area contributed by atoms with E-state index in [-0.39, 0.29) is 5.41 Å². The molecule has 0 aliphatic heterocycles. The predicted octanol–water partition coefficient (Wildman–Crippen LogP) is 10.4. The number of nitrogens with zero attached hydrogens (tertiary/aromatic N) is 1. The van der Waals surface area contributed by atoms with Crippen molar-refractivity contribution in [3.63, 3.8) is 0 Å². The fourth-order valence-electron chi connectivity index (χ4n) is 7.52. The Morgan fingerprint density at radius 3 is 1.44 bits per heavy atom. The van der Waals surface area contributed by atoms with Crippen molar-refractivity contribution in [2.24, 2.45) is 0 Å². The van der Waals surface area contributed by atoms with Crippen LogP contribution in [0.5, 0.6) is 0 Å². The fourth-order valence-corrected chi connectivity index (χ4v) is 7.52. The summed E-state index contributed by atoms with van der Waals surface area (Å²) in [6, 6.07) is 57.7. The summed E-state index contributed by atoms with van der Waals surface area (Å²) >= 11 is 0. The number of hydrogen-bond acceptors (Lipinski definition) is 1. The van der Waals surface area contributed by atoms with Crippen molar-refractivity contribution < 1.29 is 0 Å². The van der Waals surface area contributed by atoms with Crippen molar-refractivity contribution in [2.45, 2.75) is 5.41 Å². The molecule has 0 amide bonds. The van der Waals surface area contributed by atoms with E-state index in [1.165, 1.54) is 66.8 Å². The lowest BCUT2D eigenvalue weighted by atomic mass is 9.70. The Bertz CT molecular complexity index is 2130. The van der Waals surface area contributed by atoms with Gasteiger partial charge in [0, 0.05) is 11.8 Å². The summed E-state index contributed by atoms with van der Waals surface area (Å²) < 4.78 is 0. The minimum absolute atomic E-state index is 0.297. The zero-order chi connectivity index (χ0) is 28.4. The van der Waals surface area contributed by atoms with Gasteiger partial charge in [0.05, 0.1) is 11.1 Å². The smallest absolute Gasteiger partial charge is 0.0725 e. The van der Waals surface area contributed by atoms with Crippen LogP contribution in [0.4, 0.5) is 0 Å². The molecule has 0 N–H and O–H groups in total. The van der Waals surface area contributed by atoms with Crippen LogP contribution in [0, 0.1) is 0 Å². The lowest BCUT2D eigenvalue weighted by Crippen LogP contribution is -2.25. The number of fused-ring (bicyclic) bond motifs is 10. The standard InChI is InChI=1S/C42H27N/c1-4-15-37-33(12-1)34-13-2-5-16-38(34)42(37)39-17-6-3-14-35(39)36-27-32(23-24-40(36)42)31-11-9-10-30(26-31)28-19-21-29(22-20-28)41-18-7-8-25-43-41/h1-27H. The third kappa shape index (κ3) is 3.43. The van der Waals surface area contributed by atoms with Gasteiger partial charge in [-0.05, 0) is 91.0 Å². The second-order valence-corrected chi connectivity index (χ2v) is 11.5. The molecule has 0 unspecified atom stereocenters. The van der Waals surface area contributed by atoms with E-state index in [9.17, 15) is 0 Å². The molecule has 1 nitrogen and oxygen atoms in total. The van der Waals surface area contributed by atoms with Gasteiger partial charge in [0.25, 0.3) is 0 Å². The number of rotatable bonds is 3.